The summed E-state index contributed by atoms with van der Waals surface area (Å²) in [6.07, 6.45) is 2.64. The van der Waals surface area contributed by atoms with Gasteiger partial charge in [0.1, 0.15) is 0 Å². The minimum atomic E-state index is 0. The Morgan fingerprint density at radius 3 is 2.33 bits per heavy atom. The van der Waals surface area contributed by atoms with Crippen LogP contribution in [0.5, 0.6) is 0 Å². The minimum Gasteiger partial charge on any atom is -0.352 e. The average molecular weight is 237 g/mol. The second kappa shape index (κ2) is 7.94. The molecular weight excluding hydrogens is 212 g/mol. The van der Waals surface area contributed by atoms with E-state index in [0.29, 0.717) is 18.4 Å². The van der Waals surface area contributed by atoms with E-state index in [0.717, 1.165) is 12.8 Å². The van der Waals surface area contributed by atoms with Gasteiger partial charge in [-0.15, -0.1) is 12.4 Å². The predicted molar refractivity (Wildman–Crippen MR) is 67.2 cm³/mol. The SMILES string of the molecule is C[C@@H](CN)NC(=O)CCCC(C)(C)C.Cl. The fraction of sp³-hybridized carbons (Fsp3) is 0.909. The number of hydrogen-bond acceptors (Lipinski definition) is 2. The Morgan fingerprint density at radius 2 is 1.93 bits per heavy atom. The normalized spacial score (nSPS) is 12.9. The molecule has 1 amide bonds. The molecule has 0 aromatic rings. The molecule has 0 heterocycles. The molecule has 0 rings (SSSR count). The van der Waals surface area contributed by atoms with Crippen LogP contribution in [-0.2, 0) is 4.79 Å². The van der Waals surface area contributed by atoms with Gasteiger partial charge in [-0.2, -0.15) is 0 Å². The molecule has 0 spiro atoms. The quantitative estimate of drug-likeness (QED) is 0.768. The number of nitrogens with two attached hydrogens (primary N) is 1. The predicted octanol–water partition coefficient (Wildman–Crippen LogP) is 2.09. The first-order chi connectivity index (χ1) is 6.35. The Balaban J connectivity index is 0. The van der Waals surface area contributed by atoms with Crippen LogP contribution in [0.15, 0.2) is 0 Å². The lowest BCUT2D eigenvalue weighted by molar-refractivity contribution is -0.121. The number of carbonyl (C=O) groups excluding carboxylic acids is 1. The molecule has 0 radical (unpaired) electrons. The van der Waals surface area contributed by atoms with Gasteiger partial charge in [-0.1, -0.05) is 20.8 Å². The zero-order valence-electron chi connectivity index (χ0n) is 10.3. The molecule has 0 aromatic heterocycles. The molecule has 0 saturated heterocycles. The summed E-state index contributed by atoms with van der Waals surface area (Å²) in [5.74, 6) is 0.118. The van der Waals surface area contributed by atoms with Crippen LogP contribution in [0, 0.1) is 5.41 Å². The maximum Gasteiger partial charge on any atom is 0.220 e. The molecule has 3 N–H and O–H groups in total. The highest BCUT2D eigenvalue weighted by atomic mass is 35.5. The average Bonchev–Trinajstić information content (AvgIpc) is 2.01. The Labute approximate surface area is 99.6 Å². The van der Waals surface area contributed by atoms with Gasteiger partial charge in [-0.05, 0) is 25.2 Å². The van der Waals surface area contributed by atoms with Gasteiger partial charge in [0, 0.05) is 19.0 Å². The van der Waals surface area contributed by atoms with Crippen molar-refractivity contribution in [1.82, 2.24) is 5.32 Å². The lowest BCUT2D eigenvalue weighted by Crippen LogP contribution is -2.37. The summed E-state index contributed by atoms with van der Waals surface area (Å²) < 4.78 is 0. The summed E-state index contributed by atoms with van der Waals surface area (Å²) in [5.41, 5.74) is 5.72. The molecule has 0 aromatic carbocycles. The number of amides is 1. The van der Waals surface area contributed by atoms with Gasteiger partial charge in [0.2, 0.25) is 5.91 Å². The first-order valence-corrected chi connectivity index (χ1v) is 5.34. The molecule has 0 aliphatic heterocycles. The van der Waals surface area contributed by atoms with Crippen molar-refractivity contribution in [3.63, 3.8) is 0 Å². The van der Waals surface area contributed by atoms with Crippen molar-refractivity contribution in [2.75, 3.05) is 6.54 Å². The maximum atomic E-state index is 11.3. The van der Waals surface area contributed by atoms with Crippen LogP contribution in [0.25, 0.3) is 0 Å². The van der Waals surface area contributed by atoms with Crippen molar-refractivity contribution in [2.45, 2.75) is 53.0 Å². The third-order valence-corrected chi connectivity index (χ3v) is 2.09. The first-order valence-electron chi connectivity index (χ1n) is 5.34. The fourth-order valence-electron chi connectivity index (χ4n) is 1.19. The maximum absolute atomic E-state index is 11.3. The number of rotatable bonds is 5. The van der Waals surface area contributed by atoms with Crippen molar-refractivity contribution in [3.8, 4) is 0 Å². The minimum absolute atomic E-state index is 0. The van der Waals surface area contributed by atoms with Crippen LogP contribution in [0.3, 0.4) is 0 Å². The molecule has 0 aliphatic carbocycles. The zero-order chi connectivity index (χ0) is 11.2. The van der Waals surface area contributed by atoms with Crippen LogP contribution in [0.4, 0.5) is 0 Å². The summed E-state index contributed by atoms with van der Waals surface area (Å²) in [4.78, 5) is 11.3. The topological polar surface area (TPSA) is 55.1 Å². The van der Waals surface area contributed by atoms with E-state index < -0.39 is 0 Å². The Hall–Kier alpha value is -0.280. The van der Waals surface area contributed by atoms with Gasteiger partial charge < -0.3 is 11.1 Å². The number of halogens is 1. The van der Waals surface area contributed by atoms with Crippen LogP contribution < -0.4 is 11.1 Å². The lowest BCUT2D eigenvalue weighted by Gasteiger charge is -2.18. The summed E-state index contributed by atoms with van der Waals surface area (Å²) in [6, 6.07) is 0.0946. The molecule has 0 fully saturated rings. The van der Waals surface area contributed by atoms with E-state index in [1.54, 1.807) is 0 Å². The smallest absolute Gasteiger partial charge is 0.220 e. The third kappa shape index (κ3) is 11.6. The van der Waals surface area contributed by atoms with Crippen LogP contribution >= 0.6 is 12.4 Å². The largest absolute Gasteiger partial charge is 0.352 e. The van der Waals surface area contributed by atoms with Crippen molar-refractivity contribution in [1.29, 1.82) is 0 Å². The van der Waals surface area contributed by atoms with Crippen molar-refractivity contribution in [3.05, 3.63) is 0 Å². The summed E-state index contributed by atoms with van der Waals surface area (Å²) in [7, 11) is 0. The van der Waals surface area contributed by atoms with E-state index >= 15 is 0 Å². The molecule has 0 saturated carbocycles. The summed E-state index contributed by atoms with van der Waals surface area (Å²) >= 11 is 0. The molecule has 0 aliphatic rings. The highest BCUT2D eigenvalue weighted by Crippen LogP contribution is 2.21. The Morgan fingerprint density at radius 1 is 1.40 bits per heavy atom. The van der Waals surface area contributed by atoms with E-state index in [9.17, 15) is 4.79 Å². The molecule has 0 bridgehead atoms. The van der Waals surface area contributed by atoms with E-state index in [1.165, 1.54) is 0 Å². The van der Waals surface area contributed by atoms with E-state index in [2.05, 4.69) is 26.1 Å². The van der Waals surface area contributed by atoms with Crippen LogP contribution in [0.2, 0.25) is 0 Å². The number of hydrogen-bond donors (Lipinski definition) is 2. The molecule has 15 heavy (non-hydrogen) atoms. The second-order valence-electron chi connectivity index (χ2n) is 5.12. The van der Waals surface area contributed by atoms with Gasteiger partial charge >= 0.3 is 0 Å². The lowest BCUT2D eigenvalue weighted by atomic mass is 9.90. The van der Waals surface area contributed by atoms with Gasteiger partial charge in [-0.3, -0.25) is 4.79 Å². The Kier molecular flexibility index (Phi) is 9.07. The zero-order valence-corrected chi connectivity index (χ0v) is 11.1. The first kappa shape index (κ1) is 17.1. The molecule has 92 valence electrons. The molecule has 4 heteroatoms. The molecule has 1 atom stereocenters. The van der Waals surface area contributed by atoms with Gasteiger partial charge in [0.15, 0.2) is 0 Å². The molecular formula is C11H25ClN2O. The number of carbonyl (C=O) groups is 1. The Bertz CT molecular complexity index is 178. The monoisotopic (exact) mass is 236 g/mol. The van der Waals surface area contributed by atoms with Crippen LogP contribution in [0.1, 0.15) is 47.0 Å². The summed E-state index contributed by atoms with van der Waals surface area (Å²) in [5, 5.41) is 2.85. The highest BCUT2D eigenvalue weighted by molar-refractivity contribution is 5.85. The summed E-state index contributed by atoms with van der Waals surface area (Å²) in [6.45, 7) is 8.99. The molecule has 3 nitrogen and oxygen atoms in total. The van der Waals surface area contributed by atoms with Gasteiger partial charge in [0.25, 0.3) is 0 Å². The van der Waals surface area contributed by atoms with Crippen molar-refractivity contribution in [2.24, 2.45) is 11.1 Å². The third-order valence-electron chi connectivity index (χ3n) is 2.09. The van der Waals surface area contributed by atoms with E-state index in [1.807, 2.05) is 6.92 Å². The van der Waals surface area contributed by atoms with Gasteiger partial charge in [-0.25, -0.2) is 0 Å². The number of nitrogens with one attached hydrogen (secondary N) is 1. The molecule has 0 unspecified atom stereocenters. The standard InChI is InChI=1S/C11H24N2O.ClH/c1-9(8-12)13-10(14)6-5-7-11(2,3)4;/h9H,5-8,12H2,1-4H3,(H,13,14);1H/t9-;/m0./s1. The second-order valence-corrected chi connectivity index (χ2v) is 5.12. The fourth-order valence-corrected chi connectivity index (χ4v) is 1.19. The van der Waals surface area contributed by atoms with Crippen molar-refractivity contribution >= 4 is 18.3 Å². The van der Waals surface area contributed by atoms with Crippen molar-refractivity contribution < 1.29 is 4.79 Å². The highest BCUT2D eigenvalue weighted by Gasteiger charge is 2.11. The van der Waals surface area contributed by atoms with Gasteiger partial charge in [0.05, 0.1) is 0 Å². The van der Waals surface area contributed by atoms with Crippen LogP contribution in [-0.4, -0.2) is 18.5 Å². The van der Waals surface area contributed by atoms with E-state index in [4.69, 9.17) is 5.73 Å². The van der Waals surface area contributed by atoms with E-state index in [-0.39, 0.29) is 24.4 Å².